The highest BCUT2D eigenvalue weighted by atomic mass is 79.9. The van der Waals surface area contributed by atoms with Crippen molar-refractivity contribution in [1.82, 2.24) is 10.2 Å². The lowest BCUT2D eigenvalue weighted by molar-refractivity contribution is -0.140. The molecule has 9 heteroatoms. The molecule has 2 aromatic rings. The molecular formula is C25H34BrN3O4S. The minimum atomic E-state index is -3.51. The van der Waals surface area contributed by atoms with Crippen LogP contribution < -0.4 is 9.62 Å². The first kappa shape index (κ1) is 27.9. The van der Waals surface area contributed by atoms with Gasteiger partial charge in [0.2, 0.25) is 21.8 Å². The Morgan fingerprint density at radius 3 is 2.26 bits per heavy atom. The zero-order chi connectivity index (χ0) is 25.5. The van der Waals surface area contributed by atoms with E-state index in [2.05, 4.69) is 21.2 Å². The van der Waals surface area contributed by atoms with Crippen LogP contribution in [0, 0.1) is 6.92 Å². The number of amides is 2. The monoisotopic (exact) mass is 551 g/mol. The Labute approximate surface area is 211 Å². The molecule has 0 saturated heterocycles. The smallest absolute Gasteiger partial charge is 0.242 e. The minimum Gasteiger partial charge on any atom is -0.352 e. The van der Waals surface area contributed by atoms with Crippen molar-refractivity contribution in [3.8, 4) is 0 Å². The van der Waals surface area contributed by atoms with Crippen LogP contribution in [0.15, 0.2) is 53.0 Å². The van der Waals surface area contributed by atoms with E-state index in [9.17, 15) is 18.0 Å². The van der Waals surface area contributed by atoms with Crippen LogP contribution in [-0.2, 0) is 26.2 Å². The molecule has 186 valence electrons. The van der Waals surface area contributed by atoms with Crippen LogP contribution >= 0.6 is 15.9 Å². The lowest BCUT2D eigenvalue weighted by Gasteiger charge is -2.30. The number of nitrogens with one attached hydrogen (secondary N) is 1. The first-order valence-electron chi connectivity index (χ1n) is 11.3. The van der Waals surface area contributed by atoms with E-state index < -0.39 is 16.1 Å². The summed E-state index contributed by atoms with van der Waals surface area (Å²) in [5, 5.41) is 2.87. The number of nitrogens with zero attached hydrogens (tertiary/aromatic N) is 2. The highest BCUT2D eigenvalue weighted by molar-refractivity contribution is 9.10. The maximum absolute atomic E-state index is 13.2. The van der Waals surface area contributed by atoms with E-state index in [0.717, 1.165) is 21.9 Å². The van der Waals surface area contributed by atoms with Gasteiger partial charge in [0, 0.05) is 30.0 Å². The Morgan fingerprint density at radius 2 is 1.71 bits per heavy atom. The van der Waals surface area contributed by atoms with E-state index in [1.54, 1.807) is 24.0 Å². The summed E-state index contributed by atoms with van der Waals surface area (Å²) in [5.41, 5.74) is 2.49. The van der Waals surface area contributed by atoms with Crippen LogP contribution in [0.2, 0.25) is 0 Å². The molecule has 0 saturated carbocycles. The van der Waals surface area contributed by atoms with Gasteiger partial charge in [0.15, 0.2) is 0 Å². The Balaban J connectivity index is 2.16. The second kappa shape index (κ2) is 12.4. The lowest BCUT2D eigenvalue weighted by atomic mass is 10.1. The largest absolute Gasteiger partial charge is 0.352 e. The molecule has 0 unspecified atom stereocenters. The van der Waals surface area contributed by atoms with Gasteiger partial charge in [-0.15, -0.1) is 0 Å². The van der Waals surface area contributed by atoms with Gasteiger partial charge in [-0.05, 0) is 63.9 Å². The third kappa shape index (κ3) is 8.43. The number of sulfonamides is 1. The molecule has 0 aromatic heterocycles. The van der Waals surface area contributed by atoms with E-state index in [1.807, 2.05) is 57.2 Å². The average molecular weight is 553 g/mol. The molecule has 0 heterocycles. The molecule has 1 N–H and O–H groups in total. The van der Waals surface area contributed by atoms with Gasteiger partial charge in [0.05, 0.1) is 11.9 Å². The molecule has 0 aliphatic heterocycles. The van der Waals surface area contributed by atoms with E-state index in [-0.39, 0.29) is 37.4 Å². The van der Waals surface area contributed by atoms with Gasteiger partial charge in [-0.25, -0.2) is 8.42 Å². The second-order valence-corrected chi connectivity index (χ2v) is 11.6. The number of benzene rings is 2. The predicted octanol–water partition coefficient (Wildman–Crippen LogP) is 4.25. The summed E-state index contributed by atoms with van der Waals surface area (Å²) >= 11 is 3.45. The summed E-state index contributed by atoms with van der Waals surface area (Å²) in [6.45, 7) is 7.84. The number of hydrogen-bond donors (Lipinski definition) is 1. The fourth-order valence-corrected chi connectivity index (χ4v) is 4.95. The summed E-state index contributed by atoms with van der Waals surface area (Å²) < 4.78 is 26.9. The number of anilines is 1. The molecule has 0 spiro atoms. The summed E-state index contributed by atoms with van der Waals surface area (Å²) in [6, 6.07) is 14.1. The first-order chi connectivity index (χ1) is 15.9. The van der Waals surface area contributed by atoms with E-state index >= 15 is 0 Å². The topological polar surface area (TPSA) is 86.8 Å². The Morgan fingerprint density at radius 1 is 1.06 bits per heavy atom. The zero-order valence-electron chi connectivity index (χ0n) is 20.4. The van der Waals surface area contributed by atoms with Crippen molar-refractivity contribution in [2.45, 2.75) is 59.2 Å². The second-order valence-electron chi connectivity index (χ2n) is 8.77. The minimum absolute atomic E-state index is 0.0457. The Bertz CT molecular complexity index is 1090. The normalized spacial score (nSPS) is 12.3. The molecular weight excluding hydrogens is 518 g/mol. The molecule has 0 fully saturated rings. The maximum atomic E-state index is 13.2. The van der Waals surface area contributed by atoms with Gasteiger partial charge < -0.3 is 10.2 Å². The van der Waals surface area contributed by atoms with Crippen LogP contribution in [0.5, 0.6) is 0 Å². The van der Waals surface area contributed by atoms with Gasteiger partial charge in [0.25, 0.3) is 0 Å². The van der Waals surface area contributed by atoms with Gasteiger partial charge in [-0.3, -0.25) is 13.9 Å². The third-order valence-corrected chi connectivity index (χ3v) is 7.00. The van der Waals surface area contributed by atoms with Crippen molar-refractivity contribution in [3.63, 3.8) is 0 Å². The van der Waals surface area contributed by atoms with Crippen molar-refractivity contribution in [3.05, 3.63) is 64.1 Å². The Kier molecular flexibility index (Phi) is 10.1. The molecule has 0 aliphatic carbocycles. The van der Waals surface area contributed by atoms with Gasteiger partial charge in [0.1, 0.15) is 6.04 Å². The van der Waals surface area contributed by atoms with Crippen LogP contribution in [0.1, 0.15) is 44.7 Å². The van der Waals surface area contributed by atoms with Crippen molar-refractivity contribution in [2.24, 2.45) is 0 Å². The van der Waals surface area contributed by atoms with Gasteiger partial charge in [-0.2, -0.15) is 0 Å². The number of carbonyl (C=O) groups is 2. The van der Waals surface area contributed by atoms with Crippen molar-refractivity contribution >= 4 is 43.5 Å². The van der Waals surface area contributed by atoms with Crippen LogP contribution in [0.3, 0.4) is 0 Å². The zero-order valence-corrected chi connectivity index (χ0v) is 22.8. The number of halogens is 1. The average Bonchev–Trinajstić information content (AvgIpc) is 2.74. The highest BCUT2D eigenvalue weighted by Gasteiger charge is 2.27. The van der Waals surface area contributed by atoms with Crippen molar-refractivity contribution in [1.29, 1.82) is 0 Å². The first-order valence-corrected chi connectivity index (χ1v) is 13.9. The number of rotatable bonds is 11. The molecule has 2 amide bonds. The molecule has 0 aliphatic rings. The summed E-state index contributed by atoms with van der Waals surface area (Å²) in [7, 11) is -3.51. The molecule has 1 atom stereocenters. The summed E-state index contributed by atoms with van der Waals surface area (Å²) in [5.74, 6) is -0.431. The van der Waals surface area contributed by atoms with Crippen LogP contribution in [0.4, 0.5) is 5.69 Å². The van der Waals surface area contributed by atoms with E-state index in [0.29, 0.717) is 12.1 Å². The molecule has 0 bridgehead atoms. The molecule has 7 nitrogen and oxygen atoms in total. The van der Waals surface area contributed by atoms with Crippen molar-refractivity contribution in [2.75, 3.05) is 17.1 Å². The standard InChI is InChI=1S/C25H34BrN3O4S/c1-18(2)27-25(31)20(4)28(17-21-8-6-9-22(26)16-21)24(30)10-7-15-29(34(5,32)33)23-13-11-19(3)12-14-23/h6,8-9,11-14,16,18,20H,7,10,15,17H2,1-5H3,(H,27,31)/t20-/m0/s1. The SMILES string of the molecule is Cc1ccc(N(CCCC(=O)N(Cc2cccc(Br)c2)[C@@H](C)C(=O)NC(C)C)S(C)(=O)=O)cc1. The molecule has 34 heavy (non-hydrogen) atoms. The summed E-state index contributed by atoms with van der Waals surface area (Å²) in [4.78, 5) is 27.5. The summed E-state index contributed by atoms with van der Waals surface area (Å²) in [6.07, 6.45) is 1.60. The fraction of sp³-hybridized carbons (Fsp3) is 0.440. The number of hydrogen-bond acceptors (Lipinski definition) is 4. The highest BCUT2D eigenvalue weighted by Crippen LogP contribution is 2.20. The van der Waals surface area contributed by atoms with Crippen LogP contribution in [-0.4, -0.2) is 50.0 Å². The lowest BCUT2D eigenvalue weighted by Crippen LogP contribution is -2.49. The molecule has 2 rings (SSSR count). The van der Waals surface area contributed by atoms with Crippen molar-refractivity contribution < 1.29 is 18.0 Å². The maximum Gasteiger partial charge on any atom is 0.242 e. The Hall–Kier alpha value is -2.39. The fourth-order valence-electron chi connectivity index (χ4n) is 3.53. The van der Waals surface area contributed by atoms with Gasteiger partial charge in [-0.1, -0.05) is 45.8 Å². The predicted molar refractivity (Wildman–Crippen MR) is 140 cm³/mol. The number of carbonyl (C=O) groups excluding carboxylic acids is 2. The van der Waals surface area contributed by atoms with Gasteiger partial charge >= 0.3 is 0 Å². The third-order valence-electron chi connectivity index (χ3n) is 5.31. The quantitative estimate of drug-likeness (QED) is 0.452. The molecule has 0 radical (unpaired) electrons. The number of aryl methyl sites for hydroxylation is 1. The van der Waals surface area contributed by atoms with Crippen LogP contribution in [0.25, 0.3) is 0 Å². The molecule has 2 aromatic carbocycles. The van der Waals surface area contributed by atoms with E-state index in [4.69, 9.17) is 0 Å². The van der Waals surface area contributed by atoms with E-state index in [1.165, 1.54) is 4.31 Å².